The van der Waals surface area contributed by atoms with Gasteiger partial charge < -0.3 is 5.32 Å². The predicted octanol–water partition coefficient (Wildman–Crippen LogP) is 5.06. The third kappa shape index (κ3) is 4.08. The molecule has 5 aromatic rings. The molecule has 0 unspecified atom stereocenters. The maximum atomic E-state index is 13.4. The number of aryl methyl sites for hydroxylation is 3. The van der Waals surface area contributed by atoms with Gasteiger partial charge in [0.25, 0.3) is 5.91 Å². The lowest BCUT2D eigenvalue weighted by Gasteiger charge is -2.10. The molecule has 7 nitrogen and oxygen atoms in total. The van der Waals surface area contributed by atoms with Crippen molar-refractivity contribution >= 4 is 22.6 Å². The number of amides is 1. The lowest BCUT2D eigenvalue weighted by molar-refractivity contribution is 0.102. The minimum atomic E-state index is -0.222. The van der Waals surface area contributed by atoms with Crippen LogP contribution < -0.4 is 5.32 Å². The van der Waals surface area contributed by atoms with Gasteiger partial charge in [0.1, 0.15) is 0 Å². The highest BCUT2D eigenvalue weighted by molar-refractivity contribution is 6.12. The van der Waals surface area contributed by atoms with Crippen LogP contribution in [0.2, 0.25) is 0 Å². The summed E-state index contributed by atoms with van der Waals surface area (Å²) in [6, 6.07) is 19.6. The van der Waals surface area contributed by atoms with Crippen molar-refractivity contribution in [1.29, 1.82) is 0 Å². The summed E-state index contributed by atoms with van der Waals surface area (Å²) in [5.74, 6) is 0.286. The van der Waals surface area contributed by atoms with E-state index in [1.807, 2.05) is 78.9 Å². The molecule has 0 aliphatic carbocycles. The number of para-hydroxylation sites is 1. The summed E-state index contributed by atoms with van der Waals surface area (Å²) in [5, 5.41) is 12.8. The minimum Gasteiger partial charge on any atom is -0.305 e. The quantitative estimate of drug-likeness (QED) is 0.406. The average Bonchev–Trinajstić information content (AvgIpc) is 3.35. The molecule has 170 valence electrons. The smallest absolute Gasteiger partial charge is 0.257 e. The number of nitrogens with one attached hydrogen (secondary N) is 1. The zero-order chi connectivity index (χ0) is 23.8. The van der Waals surface area contributed by atoms with Gasteiger partial charge in [0.15, 0.2) is 5.82 Å². The Balaban J connectivity index is 1.47. The van der Waals surface area contributed by atoms with Crippen molar-refractivity contribution < 1.29 is 4.79 Å². The number of aromatic nitrogens is 5. The van der Waals surface area contributed by atoms with Crippen molar-refractivity contribution in [2.75, 3.05) is 5.32 Å². The van der Waals surface area contributed by atoms with Crippen LogP contribution >= 0.6 is 0 Å². The van der Waals surface area contributed by atoms with Gasteiger partial charge in [-0.2, -0.15) is 10.2 Å². The Hall–Kier alpha value is -4.26. The fourth-order valence-corrected chi connectivity index (χ4v) is 4.33. The standard InChI is InChI=1S/C27H26N6O/c1-17-8-7-9-20(14-17)16-33-13-12-25(31-33)29-27(34)22-15-24(26-18(2)30-32(4)19(26)3)28-23-11-6-5-10-21(22)23/h5-15H,16H2,1-4H3,(H,29,31,34). The molecule has 0 aliphatic rings. The molecule has 0 aliphatic heterocycles. The molecule has 3 aromatic heterocycles. The van der Waals surface area contributed by atoms with Crippen molar-refractivity contribution in [3.8, 4) is 11.3 Å². The average molecular weight is 451 g/mol. The summed E-state index contributed by atoms with van der Waals surface area (Å²) in [4.78, 5) is 18.2. The number of benzene rings is 2. The number of carbonyl (C=O) groups excluding carboxylic acids is 1. The van der Waals surface area contributed by atoms with E-state index >= 15 is 0 Å². The fraction of sp³-hybridized carbons (Fsp3) is 0.185. The number of nitrogens with zero attached hydrogens (tertiary/aromatic N) is 5. The second-order valence-electron chi connectivity index (χ2n) is 8.58. The molecular weight excluding hydrogens is 424 g/mol. The van der Waals surface area contributed by atoms with Crippen LogP contribution in [-0.2, 0) is 13.6 Å². The van der Waals surface area contributed by atoms with Crippen molar-refractivity contribution in [1.82, 2.24) is 24.5 Å². The fourth-order valence-electron chi connectivity index (χ4n) is 4.33. The normalized spacial score (nSPS) is 11.2. The largest absolute Gasteiger partial charge is 0.305 e. The Morgan fingerprint density at radius 1 is 0.971 bits per heavy atom. The van der Waals surface area contributed by atoms with Crippen molar-refractivity contribution in [3.63, 3.8) is 0 Å². The predicted molar refractivity (Wildman–Crippen MR) is 134 cm³/mol. The van der Waals surface area contributed by atoms with Crippen LogP contribution in [-0.4, -0.2) is 30.5 Å². The molecule has 0 saturated carbocycles. The highest BCUT2D eigenvalue weighted by Crippen LogP contribution is 2.29. The summed E-state index contributed by atoms with van der Waals surface area (Å²) in [5.41, 5.74) is 7.24. The molecule has 2 aromatic carbocycles. The Kier molecular flexibility index (Phi) is 5.45. The Bertz CT molecular complexity index is 1530. The van der Waals surface area contributed by atoms with E-state index in [4.69, 9.17) is 4.98 Å². The second kappa shape index (κ2) is 8.59. The summed E-state index contributed by atoms with van der Waals surface area (Å²) in [7, 11) is 1.91. The van der Waals surface area contributed by atoms with E-state index in [0.29, 0.717) is 17.9 Å². The van der Waals surface area contributed by atoms with Gasteiger partial charge in [0, 0.05) is 36.0 Å². The first-order valence-electron chi connectivity index (χ1n) is 11.2. The lowest BCUT2D eigenvalue weighted by atomic mass is 10.0. The Labute approximate surface area is 198 Å². The van der Waals surface area contributed by atoms with Crippen molar-refractivity contribution in [3.05, 3.63) is 94.9 Å². The van der Waals surface area contributed by atoms with Crippen LogP contribution in [0.15, 0.2) is 66.9 Å². The highest BCUT2D eigenvalue weighted by Gasteiger charge is 2.19. The topological polar surface area (TPSA) is 77.6 Å². The third-order valence-electron chi connectivity index (χ3n) is 6.04. The molecule has 0 spiro atoms. The number of hydrogen-bond donors (Lipinski definition) is 1. The number of rotatable bonds is 5. The third-order valence-corrected chi connectivity index (χ3v) is 6.04. The summed E-state index contributed by atoms with van der Waals surface area (Å²) in [6.07, 6.45) is 1.87. The highest BCUT2D eigenvalue weighted by atomic mass is 16.1. The van der Waals surface area contributed by atoms with E-state index in [1.54, 1.807) is 0 Å². The summed E-state index contributed by atoms with van der Waals surface area (Å²) in [6.45, 7) is 6.67. The first kappa shape index (κ1) is 21.6. The molecule has 0 atom stereocenters. The first-order chi connectivity index (χ1) is 16.4. The van der Waals surface area contributed by atoms with Crippen LogP contribution in [0.3, 0.4) is 0 Å². The van der Waals surface area contributed by atoms with Gasteiger partial charge in [-0.3, -0.25) is 14.2 Å². The SMILES string of the molecule is Cc1cccc(Cn2ccc(NC(=O)c3cc(-c4c(C)nn(C)c4C)nc4ccccc34)n2)c1. The van der Waals surface area contributed by atoms with Crippen LogP contribution in [0.1, 0.15) is 32.9 Å². The molecule has 0 saturated heterocycles. The number of pyridine rings is 1. The van der Waals surface area contributed by atoms with Crippen LogP contribution in [0.4, 0.5) is 5.82 Å². The van der Waals surface area contributed by atoms with Crippen molar-refractivity contribution in [2.24, 2.45) is 7.05 Å². The summed E-state index contributed by atoms with van der Waals surface area (Å²) >= 11 is 0. The molecule has 1 amide bonds. The van der Waals surface area contributed by atoms with Gasteiger partial charge in [0.2, 0.25) is 0 Å². The van der Waals surface area contributed by atoms with Crippen LogP contribution in [0.25, 0.3) is 22.2 Å². The number of carbonyl (C=O) groups is 1. The van der Waals surface area contributed by atoms with Gasteiger partial charge in [-0.1, -0.05) is 48.0 Å². The number of fused-ring (bicyclic) bond motifs is 1. The zero-order valence-electron chi connectivity index (χ0n) is 19.7. The van der Waals surface area contributed by atoms with E-state index in [2.05, 4.69) is 40.6 Å². The molecule has 0 fully saturated rings. The second-order valence-corrected chi connectivity index (χ2v) is 8.58. The Morgan fingerprint density at radius 3 is 2.56 bits per heavy atom. The van der Waals surface area contributed by atoms with Gasteiger partial charge in [-0.15, -0.1) is 0 Å². The minimum absolute atomic E-state index is 0.222. The Morgan fingerprint density at radius 2 is 1.79 bits per heavy atom. The van der Waals surface area contributed by atoms with Gasteiger partial charge in [-0.05, 0) is 38.5 Å². The van der Waals surface area contributed by atoms with Crippen LogP contribution in [0, 0.1) is 20.8 Å². The maximum absolute atomic E-state index is 13.4. The molecular formula is C27H26N6O. The van der Waals surface area contributed by atoms with Crippen LogP contribution in [0.5, 0.6) is 0 Å². The monoisotopic (exact) mass is 450 g/mol. The van der Waals surface area contributed by atoms with Crippen molar-refractivity contribution in [2.45, 2.75) is 27.3 Å². The van der Waals surface area contributed by atoms with Gasteiger partial charge in [-0.25, -0.2) is 4.98 Å². The van der Waals surface area contributed by atoms with Gasteiger partial charge >= 0.3 is 0 Å². The van der Waals surface area contributed by atoms with Gasteiger partial charge in [0.05, 0.1) is 29.0 Å². The first-order valence-corrected chi connectivity index (χ1v) is 11.2. The molecule has 0 bridgehead atoms. The molecule has 7 heteroatoms. The number of hydrogen-bond acceptors (Lipinski definition) is 4. The van der Waals surface area contributed by atoms with E-state index < -0.39 is 0 Å². The molecule has 5 rings (SSSR count). The molecule has 34 heavy (non-hydrogen) atoms. The van der Waals surface area contributed by atoms with E-state index in [-0.39, 0.29) is 5.91 Å². The van der Waals surface area contributed by atoms with E-state index in [9.17, 15) is 4.79 Å². The maximum Gasteiger partial charge on any atom is 0.257 e. The summed E-state index contributed by atoms with van der Waals surface area (Å²) < 4.78 is 3.66. The molecule has 3 heterocycles. The molecule has 1 N–H and O–H groups in total. The number of anilines is 1. The molecule has 0 radical (unpaired) electrons. The van der Waals surface area contributed by atoms with E-state index in [0.717, 1.165) is 39.1 Å². The zero-order valence-corrected chi connectivity index (χ0v) is 19.7. The lowest BCUT2D eigenvalue weighted by Crippen LogP contribution is -2.14. The van der Waals surface area contributed by atoms with E-state index in [1.165, 1.54) is 5.56 Å².